The van der Waals surface area contributed by atoms with Crippen LogP contribution in [0, 0.1) is 11.3 Å². The van der Waals surface area contributed by atoms with Crippen LogP contribution in [0.5, 0.6) is 0 Å². The molecule has 1 saturated carbocycles. The summed E-state index contributed by atoms with van der Waals surface area (Å²) < 4.78 is 5.30. The second-order valence-electron chi connectivity index (χ2n) is 5.19. The summed E-state index contributed by atoms with van der Waals surface area (Å²) in [5.41, 5.74) is 0.113. The molecule has 17 heavy (non-hydrogen) atoms. The van der Waals surface area contributed by atoms with Gasteiger partial charge >= 0.3 is 5.97 Å². The fourth-order valence-corrected chi connectivity index (χ4v) is 2.63. The summed E-state index contributed by atoms with van der Waals surface area (Å²) in [5, 5.41) is 8.89. The molecule has 0 bridgehead atoms. The third-order valence-electron chi connectivity index (χ3n) is 4.26. The summed E-state index contributed by atoms with van der Waals surface area (Å²) in [6.45, 7) is 2.99. The minimum absolute atomic E-state index is 0.0122. The van der Waals surface area contributed by atoms with Crippen LogP contribution >= 0.6 is 0 Å². The first-order valence-electron chi connectivity index (χ1n) is 6.05. The molecule has 2 atom stereocenters. The van der Waals surface area contributed by atoms with Crippen molar-refractivity contribution < 1.29 is 19.4 Å². The predicted octanol–water partition coefficient (Wildman–Crippen LogP) is 0.735. The largest absolute Gasteiger partial charge is 0.480 e. The van der Waals surface area contributed by atoms with Gasteiger partial charge in [-0.15, -0.1) is 0 Å². The summed E-state index contributed by atoms with van der Waals surface area (Å²) in [6.07, 6.45) is 2.75. The lowest BCUT2D eigenvalue weighted by Crippen LogP contribution is -2.42. The van der Waals surface area contributed by atoms with E-state index < -0.39 is 12.0 Å². The first-order chi connectivity index (χ1) is 7.98. The van der Waals surface area contributed by atoms with E-state index in [4.69, 9.17) is 9.84 Å². The first kappa shape index (κ1) is 12.4. The lowest BCUT2D eigenvalue weighted by atomic mass is 9.93. The molecule has 1 spiro atoms. The maximum absolute atomic E-state index is 12.1. The SMILES string of the molecule is C[C@@H](C(=O)O)N(C)C(=O)[C@H]1CC12CCOCC2. The van der Waals surface area contributed by atoms with E-state index in [1.165, 1.54) is 4.90 Å². The van der Waals surface area contributed by atoms with Crippen LogP contribution in [0.1, 0.15) is 26.2 Å². The molecule has 2 aliphatic rings. The highest BCUT2D eigenvalue weighted by atomic mass is 16.5. The van der Waals surface area contributed by atoms with Crippen molar-refractivity contribution >= 4 is 11.9 Å². The van der Waals surface area contributed by atoms with E-state index in [9.17, 15) is 9.59 Å². The Morgan fingerprint density at radius 2 is 2.00 bits per heavy atom. The van der Waals surface area contributed by atoms with Crippen molar-refractivity contribution in [3.63, 3.8) is 0 Å². The normalized spacial score (nSPS) is 27.5. The smallest absolute Gasteiger partial charge is 0.326 e. The average Bonchev–Trinajstić information content (AvgIpc) is 3.00. The number of aliphatic carboxylic acids is 1. The fraction of sp³-hybridized carbons (Fsp3) is 0.833. The molecule has 0 aromatic heterocycles. The third kappa shape index (κ3) is 2.16. The zero-order valence-corrected chi connectivity index (χ0v) is 10.3. The van der Waals surface area contributed by atoms with E-state index in [0.29, 0.717) is 0 Å². The molecule has 1 aliphatic heterocycles. The van der Waals surface area contributed by atoms with Crippen LogP contribution in [0.25, 0.3) is 0 Å². The van der Waals surface area contributed by atoms with E-state index in [1.807, 2.05) is 0 Å². The predicted molar refractivity (Wildman–Crippen MR) is 60.5 cm³/mol. The first-order valence-corrected chi connectivity index (χ1v) is 6.05. The Morgan fingerprint density at radius 3 is 2.53 bits per heavy atom. The minimum Gasteiger partial charge on any atom is -0.480 e. The highest BCUT2D eigenvalue weighted by Gasteiger charge is 2.59. The Balaban J connectivity index is 1.96. The van der Waals surface area contributed by atoms with Crippen LogP contribution in [-0.4, -0.2) is 48.2 Å². The molecule has 1 aliphatic carbocycles. The van der Waals surface area contributed by atoms with Gasteiger partial charge < -0.3 is 14.7 Å². The lowest BCUT2D eigenvalue weighted by Gasteiger charge is -2.26. The number of carbonyl (C=O) groups is 2. The average molecular weight is 241 g/mol. The Kier molecular flexibility index (Phi) is 3.12. The maximum Gasteiger partial charge on any atom is 0.326 e. The molecular formula is C12H19NO4. The Morgan fingerprint density at radius 1 is 1.41 bits per heavy atom. The van der Waals surface area contributed by atoms with Gasteiger partial charge in [0.05, 0.1) is 0 Å². The van der Waals surface area contributed by atoms with Gasteiger partial charge in [0.1, 0.15) is 6.04 Å². The number of hydrogen-bond acceptors (Lipinski definition) is 3. The monoisotopic (exact) mass is 241 g/mol. The van der Waals surface area contributed by atoms with Gasteiger partial charge in [0, 0.05) is 26.2 Å². The molecule has 0 aromatic rings. The van der Waals surface area contributed by atoms with E-state index in [-0.39, 0.29) is 17.2 Å². The standard InChI is InChI=1S/C12H19NO4/c1-8(11(15)16)13(2)10(14)9-7-12(9)3-5-17-6-4-12/h8-9H,3-7H2,1-2H3,(H,15,16)/t8-,9+/m0/s1. The van der Waals surface area contributed by atoms with Crippen molar-refractivity contribution in [3.8, 4) is 0 Å². The van der Waals surface area contributed by atoms with Gasteiger partial charge in [-0.05, 0) is 31.6 Å². The van der Waals surface area contributed by atoms with Crippen LogP contribution in [0.4, 0.5) is 0 Å². The fourth-order valence-electron chi connectivity index (χ4n) is 2.63. The topological polar surface area (TPSA) is 66.8 Å². The molecule has 1 N–H and O–H groups in total. The molecular weight excluding hydrogens is 222 g/mol. The van der Waals surface area contributed by atoms with Gasteiger partial charge in [0.25, 0.3) is 0 Å². The van der Waals surface area contributed by atoms with Crippen molar-refractivity contribution in [2.75, 3.05) is 20.3 Å². The number of carbonyl (C=O) groups excluding carboxylic acids is 1. The summed E-state index contributed by atoms with van der Waals surface area (Å²) in [4.78, 5) is 24.3. The molecule has 0 radical (unpaired) electrons. The quantitative estimate of drug-likeness (QED) is 0.791. The summed E-state index contributed by atoms with van der Waals surface area (Å²) in [7, 11) is 1.58. The molecule has 0 unspecified atom stereocenters. The number of likely N-dealkylation sites (N-methyl/N-ethyl adjacent to an activating group) is 1. The highest BCUT2D eigenvalue weighted by molar-refractivity contribution is 5.87. The van der Waals surface area contributed by atoms with Crippen molar-refractivity contribution in [3.05, 3.63) is 0 Å². The van der Waals surface area contributed by atoms with Crippen LogP contribution in [0.15, 0.2) is 0 Å². The highest BCUT2D eigenvalue weighted by Crippen LogP contribution is 2.59. The number of amides is 1. The minimum atomic E-state index is -0.956. The molecule has 0 aromatic carbocycles. The van der Waals surface area contributed by atoms with Crippen LogP contribution in [0.2, 0.25) is 0 Å². The van der Waals surface area contributed by atoms with Crippen LogP contribution < -0.4 is 0 Å². The zero-order chi connectivity index (χ0) is 12.6. The number of carboxylic acid groups (broad SMARTS) is 1. The van der Waals surface area contributed by atoms with Crippen LogP contribution in [0.3, 0.4) is 0 Å². The second kappa shape index (κ2) is 4.29. The molecule has 5 nitrogen and oxygen atoms in total. The van der Waals surface area contributed by atoms with Crippen molar-refractivity contribution in [1.82, 2.24) is 4.90 Å². The van der Waals surface area contributed by atoms with Gasteiger partial charge in [0.15, 0.2) is 0 Å². The number of carboxylic acids is 1. The molecule has 2 rings (SSSR count). The lowest BCUT2D eigenvalue weighted by molar-refractivity contribution is -0.149. The van der Waals surface area contributed by atoms with E-state index in [0.717, 1.165) is 32.5 Å². The van der Waals surface area contributed by atoms with E-state index in [2.05, 4.69) is 0 Å². The number of hydrogen-bond donors (Lipinski definition) is 1. The van der Waals surface area contributed by atoms with Crippen LogP contribution in [-0.2, 0) is 14.3 Å². The molecule has 2 fully saturated rings. The van der Waals surface area contributed by atoms with Gasteiger partial charge in [-0.2, -0.15) is 0 Å². The molecule has 1 heterocycles. The number of rotatable bonds is 3. The Labute approximate surface area is 101 Å². The van der Waals surface area contributed by atoms with E-state index in [1.54, 1.807) is 14.0 Å². The van der Waals surface area contributed by atoms with Crippen molar-refractivity contribution in [1.29, 1.82) is 0 Å². The molecule has 96 valence electrons. The third-order valence-corrected chi connectivity index (χ3v) is 4.26. The summed E-state index contributed by atoms with van der Waals surface area (Å²) >= 11 is 0. The Hall–Kier alpha value is -1.10. The zero-order valence-electron chi connectivity index (χ0n) is 10.3. The van der Waals surface area contributed by atoms with Gasteiger partial charge in [-0.1, -0.05) is 0 Å². The Bertz CT molecular complexity index is 335. The van der Waals surface area contributed by atoms with Gasteiger partial charge in [0.2, 0.25) is 5.91 Å². The molecule has 1 saturated heterocycles. The van der Waals surface area contributed by atoms with Crippen molar-refractivity contribution in [2.45, 2.75) is 32.2 Å². The van der Waals surface area contributed by atoms with Gasteiger partial charge in [-0.25, -0.2) is 4.79 Å². The van der Waals surface area contributed by atoms with Gasteiger partial charge in [-0.3, -0.25) is 4.79 Å². The van der Waals surface area contributed by atoms with E-state index >= 15 is 0 Å². The molecule has 1 amide bonds. The summed E-state index contributed by atoms with van der Waals surface area (Å²) in [6, 6.07) is -0.750. The maximum atomic E-state index is 12.1. The second-order valence-corrected chi connectivity index (χ2v) is 5.19. The number of ether oxygens (including phenoxy) is 1. The molecule has 5 heteroatoms. The summed E-state index contributed by atoms with van der Waals surface area (Å²) in [5.74, 6) is -0.970. The number of nitrogens with zero attached hydrogens (tertiary/aromatic N) is 1. The van der Waals surface area contributed by atoms with Crippen molar-refractivity contribution in [2.24, 2.45) is 11.3 Å².